The summed E-state index contributed by atoms with van der Waals surface area (Å²) in [5.41, 5.74) is 0. The minimum Gasteiger partial charge on any atom is -0.374 e. The van der Waals surface area contributed by atoms with Crippen molar-refractivity contribution in [1.82, 2.24) is 15.1 Å². The smallest absolute Gasteiger partial charge is 0.245 e. The summed E-state index contributed by atoms with van der Waals surface area (Å²) in [7, 11) is 0. The normalized spacial score (nSPS) is 28.1. The van der Waals surface area contributed by atoms with Crippen molar-refractivity contribution in [2.75, 3.05) is 39.3 Å². The number of nitrogens with one attached hydrogen (secondary N) is 1. The number of hydrogen-bond acceptors (Lipinski definition) is 4. The van der Waals surface area contributed by atoms with Crippen LogP contribution in [0.25, 0.3) is 0 Å². The Labute approximate surface area is 126 Å². The zero-order valence-electron chi connectivity index (χ0n) is 13.3. The van der Waals surface area contributed by atoms with Gasteiger partial charge in [0.15, 0.2) is 0 Å². The van der Waals surface area contributed by atoms with E-state index in [0.29, 0.717) is 25.5 Å². The summed E-state index contributed by atoms with van der Waals surface area (Å²) >= 11 is 0. The lowest BCUT2D eigenvalue weighted by molar-refractivity contribution is -0.147. The van der Waals surface area contributed by atoms with E-state index in [9.17, 15) is 9.59 Å². The summed E-state index contributed by atoms with van der Waals surface area (Å²) in [4.78, 5) is 28.3. The van der Waals surface area contributed by atoms with Crippen LogP contribution in [-0.4, -0.2) is 73.1 Å². The van der Waals surface area contributed by atoms with E-state index < -0.39 is 0 Å². The average molecular weight is 297 g/mol. The van der Waals surface area contributed by atoms with Crippen LogP contribution in [0.4, 0.5) is 0 Å². The Balaban J connectivity index is 1.94. The second-order valence-corrected chi connectivity index (χ2v) is 6.35. The Morgan fingerprint density at radius 3 is 2.81 bits per heavy atom. The maximum Gasteiger partial charge on any atom is 0.245 e. The van der Waals surface area contributed by atoms with E-state index in [-0.39, 0.29) is 30.5 Å². The van der Waals surface area contributed by atoms with E-state index in [1.54, 1.807) is 4.90 Å². The number of carbonyl (C=O) groups excluding carboxylic acids is 2. The highest BCUT2D eigenvalue weighted by Gasteiger charge is 2.34. The molecule has 1 N–H and O–H groups in total. The molecular weight excluding hydrogens is 270 g/mol. The summed E-state index contributed by atoms with van der Waals surface area (Å²) in [6, 6.07) is -0.378. The fraction of sp³-hybridized carbons (Fsp3) is 0.867. The standard InChI is InChI=1S/C15H27N3O3/c1-4-17-5-6-21-12(8-17)9-18-10-14(19)16-13(15(18)20)7-11(2)3/h11-13H,4-10H2,1-3H3,(H,16,19). The van der Waals surface area contributed by atoms with Crippen molar-refractivity contribution < 1.29 is 14.3 Å². The summed E-state index contributed by atoms with van der Waals surface area (Å²) in [6.07, 6.45) is 0.696. The van der Waals surface area contributed by atoms with E-state index in [0.717, 1.165) is 19.6 Å². The zero-order chi connectivity index (χ0) is 15.4. The number of morpholine rings is 1. The maximum atomic E-state index is 12.5. The molecule has 0 aromatic heterocycles. The van der Waals surface area contributed by atoms with Crippen molar-refractivity contribution >= 4 is 11.8 Å². The monoisotopic (exact) mass is 297 g/mol. The van der Waals surface area contributed by atoms with Gasteiger partial charge in [-0.2, -0.15) is 0 Å². The number of hydrogen-bond donors (Lipinski definition) is 1. The van der Waals surface area contributed by atoms with Crippen LogP contribution in [0.3, 0.4) is 0 Å². The molecule has 120 valence electrons. The van der Waals surface area contributed by atoms with Gasteiger partial charge < -0.3 is 15.0 Å². The Hall–Kier alpha value is -1.14. The summed E-state index contributed by atoms with van der Waals surface area (Å²) in [6.45, 7) is 10.4. The molecule has 0 spiro atoms. The molecule has 21 heavy (non-hydrogen) atoms. The first-order valence-electron chi connectivity index (χ1n) is 7.91. The number of nitrogens with zero attached hydrogens (tertiary/aromatic N) is 2. The predicted molar refractivity (Wildman–Crippen MR) is 79.8 cm³/mol. The third-order valence-electron chi connectivity index (χ3n) is 4.08. The van der Waals surface area contributed by atoms with Gasteiger partial charge in [-0.1, -0.05) is 20.8 Å². The van der Waals surface area contributed by atoms with Gasteiger partial charge in [0.2, 0.25) is 11.8 Å². The maximum absolute atomic E-state index is 12.5. The van der Waals surface area contributed by atoms with Gasteiger partial charge in [0.25, 0.3) is 0 Å². The van der Waals surface area contributed by atoms with Crippen molar-refractivity contribution in [3.05, 3.63) is 0 Å². The number of piperazine rings is 1. The number of rotatable bonds is 5. The minimum atomic E-state index is -0.378. The minimum absolute atomic E-state index is 0.00764. The molecule has 2 unspecified atom stereocenters. The van der Waals surface area contributed by atoms with Crippen LogP contribution >= 0.6 is 0 Å². The van der Waals surface area contributed by atoms with Gasteiger partial charge in [-0.25, -0.2) is 0 Å². The number of carbonyl (C=O) groups is 2. The lowest BCUT2D eigenvalue weighted by atomic mass is 10.0. The molecule has 0 aromatic carbocycles. The molecule has 0 bridgehead atoms. The van der Waals surface area contributed by atoms with Crippen LogP contribution in [0.5, 0.6) is 0 Å². The summed E-state index contributed by atoms with van der Waals surface area (Å²) in [5.74, 6) is 0.338. The van der Waals surface area contributed by atoms with Crippen molar-refractivity contribution in [1.29, 1.82) is 0 Å². The predicted octanol–water partition coefficient (Wildman–Crippen LogP) is 0.0802. The lowest BCUT2D eigenvalue weighted by Gasteiger charge is -2.38. The van der Waals surface area contributed by atoms with E-state index in [2.05, 4.69) is 31.0 Å². The fourth-order valence-corrected chi connectivity index (χ4v) is 2.98. The zero-order valence-corrected chi connectivity index (χ0v) is 13.3. The molecule has 0 radical (unpaired) electrons. The van der Waals surface area contributed by atoms with Gasteiger partial charge in [-0.3, -0.25) is 14.5 Å². The van der Waals surface area contributed by atoms with Gasteiger partial charge in [-0.05, 0) is 18.9 Å². The van der Waals surface area contributed by atoms with Gasteiger partial charge in [-0.15, -0.1) is 0 Å². The highest BCUT2D eigenvalue weighted by molar-refractivity contribution is 5.94. The van der Waals surface area contributed by atoms with Crippen LogP contribution in [0.1, 0.15) is 27.2 Å². The molecule has 2 heterocycles. The third-order valence-corrected chi connectivity index (χ3v) is 4.08. The Morgan fingerprint density at radius 1 is 1.38 bits per heavy atom. The first kappa shape index (κ1) is 16.2. The second-order valence-electron chi connectivity index (χ2n) is 6.35. The Bertz CT molecular complexity index is 386. The second kappa shape index (κ2) is 7.22. The lowest BCUT2D eigenvalue weighted by Crippen LogP contribution is -2.60. The molecule has 2 rings (SSSR count). The number of amides is 2. The first-order chi connectivity index (χ1) is 9.99. The summed E-state index contributed by atoms with van der Waals surface area (Å²) in [5, 5.41) is 2.80. The van der Waals surface area contributed by atoms with E-state index in [4.69, 9.17) is 4.74 Å². The van der Waals surface area contributed by atoms with E-state index >= 15 is 0 Å². The largest absolute Gasteiger partial charge is 0.374 e. The third kappa shape index (κ3) is 4.41. The highest BCUT2D eigenvalue weighted by Crippen LogP contribution is 2.14. The van der Waals surface area contributed by atoms with Crippen molar-refractivity contribution in [3.63, 3.8) is 0 Å². The number of ether oxygens (including phenoxy) is 1. The van der Waals surface area contributed by atoms with Gasteiger partial charge >= 0.3 is 0 Å². The summed E-state index contributed by atoms with van der Waals surface area (Å²) < 4.78 is 5.75. The van der Waals surface area contributed by atoms with Gasteiger partial charge in [0.1, 0.15) is 6.04 Å². The molecule has 2 atom stereocenters. The molecule has 6 heteroatoms. The topological polar surface area (TPSA) is 61.9 Å². The average Bonchev–Trinajstić information content (AvgIpc) is 2.43. The molecule has 6 nitrogen and oxygen atoms in total. The fourth-order valence-electron chi connectivity index (χ4n) is 2.98. The van der Waals surface area contributed by atoms with Crippen LogP contribution < -0.4 is 5.32 Å². The molecule has 0 saturated carbocycles. The van der Waals surface area contributed by atoms with Crippen molar-refractivity contribution in [2.24, 2.45) is 5.92 Å². The van der Waals surface area contributed by atoms with Crippen LogP contribution in [0, 0.1) is 5.92 Å². The first-order valence-corrected chi connectivity index (χ1v) is 7.91. The van der Waals surface area contributed by atoms with Gasteiger partial charge in [0, 0.05) is 19.6 Å². The van der Waals surface area contributed by atoms with E-state index in [1.807, 2.05) is 0 Å². The number of likely N-dealkylation sites (N-methyl/N-ethyl adjacent to an activating group) is 1. The molecule has 2 aliphatic rings. The molecule has 0 aliphatic carbocycles. The molecule has 2 aliphatic heterocycles. The Kier molecular flexibility index (Phi) is 5.58. The van der Waals surface area contributed by atoms with Crippen LogP contribution in [-0.2, 0) is 14.3 Å². The molecule has 0 aromatic rings. The SMILES string of the molecule is CCN1CCOC(CN2CC(=O)NC(CC(C)C)C2=O)C1. The Morgan fingerprint density at radius 2 is 2.14 bits per heavy atom. The van der Waals surface area contributed by atoms with Crippen LogP contribution in [0.15, 0.2) is 0 Å². The molecule has 2 amide bonds. The molecule has 2 saturated heterocycles. The molecular formula is C15H27N3O3. The van der Waals surface area contributed by atoms with Crippen LogP contribution in [0.2, 0.25) is 0 Å². The quantitative estimate of drug-likeness (QED) is 0.781. The van der Waals surface area contributed by atoms with E-state index in [1.165, 1.54) is 0 Å². The highest BCUT2D eigenvalue weighted by atomic mass is 16.5. The van der Waals surface area contributed by atoms with Gasteiger partial charge in [0.05, 0.1) is 19.3 Å². The molecule has 2 fully saturated rings. The van der Waals surface area contributed by atoms with Crippen molar-refractivity contribution in [2.45, 2.75) is 39.3 Å². The van der Waals surface area contributed by atoms with Crippen molar-refractivity contribution in [3.8, 4) is 0 Å².